The van der Waals surface area contributed by atoms with E-state index in [0.717, 1.165) is 27.1 Å². The maximum absolute atomic E-state index is 13.4. The Morgan fingerprint density at radius 3 is 2.78 bits per heavy atom. The van der Waals surface area contributed by atoms with Crippen molar-refractivity contribution < 1.29 is 23.5 Å². The number of thioether (sulfide) groups is 1. The summed E-state index contributed by atoms with van der Waals surface area (Å²) in [5, 5.41) is 2.05. The first-order chi connectivity index (χ1) is 17.5. The summed E-state index contributed by atoms with van der Waals surface area (Å²) >= 11 is 3.01. The molecule has 3 aliphatic rings. The second-order valence-corrected chi connectivity index (χ2v) is 17.3. The van der Waals surface area contributed by atoms with E-state index < -0.39 is 14.3 Å². The van der Waals surface area contributed by atoms with Gasteiger partial charge in [-0.25, -0.2) is 9.78 Å². The molecule has 4 rings (SSSR count). The van der Waals surface area contributed by atoms with E-state index in [1.165, 1.54) is 17.8 Å². The highest BCUT2D eigenvalue weighted by atomic mass is 32.2. The molecule has 4 heterocycles. The molecule has 0 radical (unpaired) electrons. The molecule has 1 saturated heterocycles. The predicted octanol–water partition coefficient (Wildman–Crippen LogP) is 4.24. The fourth-order valence-electron chi connectivity index (χ4n) is 5.39. The van der Waals surface area contributed by atoms with Crippen molar-refractivity contribution in [1.82, 2.24) is 14.8 Å². The topological polar surface area (TPSA) is 81.2 Å². The fourth-order valence-corrected chi connectivity index (χ4v) is 8.75. The predicted molar refractivity (Wildman–Crippen MR) is 150 cm³/mol. The summed E-state index contributed by atoms with van der Waals surface area (Å²) in [7, 11) is 1.94. The highest BCUT2D eigenvalue weighted by molar-refractivity contribution is 8.04. The van der Waals surface area contributed by atoms with E-state index in [-0.39, 0.29) is 42.5 Å². The summed E-state index contributed by atoms with van der Waals surface area (Å²) in [6.45, 7) is 15.6. The maximum atomic E-state index is 13.4. The van der Waals surface area contributed by atoms with Crippen molar-refractivity contribution in [3.8, 4) is 0 Å². The molecule has 0 N–H and O–H groups in total. The van der Waals surface area contributed by atoms with E-state index in [0.29, 0.717) is 12.3 Å². The van der Waals surface area contributed by atoms with Crippen LogP contribution >= 0.6 is 23.1 Å². The maximum Gasteiger partial charge on any atom is 0.356 e. The molecule has 3 aliphatic heterocycles. The number of rotatable bonds is 11. The lowest BCUT2D eigenvalue weighted by molar-refractivity contribution is -0.163. The third kappa shape index (κ3) is 5.53. The monoisotopic (exact) mass is 563 g/mol. The van der Waals surface area contributed by atoms with Gasteiger partial charge in [-0.1, -0.05) is 37.4 Å². The quantitative estimate of drug-likeness (QED) is 0.171. The number of carbonyl (C=O) groups is 2. The summed E-state index contributed by atoms with van der Waals surface area (Å²) in [5.74, 6) is -0.913. The molecule has 0 bridgehead atoms. The number of thiazole rings is 1. The molecular formula is C26H37N3O5S2Si. The number of carbonyl (C=O) groups excluding carboxylic acids is 2. The van der Waals surface area contributed by atoms with E-state index >= 15 is 0 Å². The first kappa shape index (κ1) is 28.3. The van der Waals surface area contributed by atoms with Gasteiger partial charge in [0.15, 0.2) is 12.7 Å². The van der Waals surface area contributed by atoms with Crippen LogP contribution in [0, 0.1) is 11.8 Å². The molecule has 8 nitrogen and oxygen atoms in total. The summed E-state index contributed by atoms with van der Waals surface area (Å²) in [5.41, 5.74) is 2.41. The van der Waals surface area contributed by atoms with Gasteiger partial charge in [0.05, 0.1) is 36.4 Å². The van der Waals surface area contributed by atoms with Crippen molar-refractivity contribution in [3.63, 3.8) is 0 Å². The molecule has 1 aromatic heterocycles. The van der Waals surface area contributed by atoms with E-state index in [2.05, 4.69) is 56.5 Å². The molecule has 37 heavy (non-hydrogen) atoms. The van der Waals surface area contributed by atoms with E-state index in [1.807, 2.05) is 6.92 Å². The Morgan fingerprint density at radius 2 is 2.14 bits per heavy atom. The molecular weight excluding hydrogens is 527 g/mol. The third-order valence-electron chi connectivity index (χ3n) is 6.95. The molecule has 0 spiro atoms. The molecule has 1 fully saturated rings. The lowest BCUT2D eigenvalue weighted by Gasteiger charge is -2.48. The normalized spacial score (nSPS) is 26.7. The van der Waals surface area contributed by atoms with Gasteiger partial charge in [0, 0.05) is 29.9 Å². The van der Waals surface area contributed by atoms with E-state index in [1.54, 1.807) is 23.3 Å². The standard InChI is InChI=1S/C26H37N3O5S2Si/c1-9-12-33-25(31)22-23(15(2)21-20(24(30)29(21)22)16(3)34-37(6,7)8)36-26-27-18(14-35-26)17-10-11-28(4)19(17)13-32-5/h9-10,14-16,19-21H,1,11-13H2,2-8H3/t15-,16-,19+,20-,21-/m1/s1. The molecule has 0 aliphatic carbocycles. The minimum Gasteiger partial charge on any atom is -0.457 e. The molecule has 1 amide bonds. The first-order valence-electron chi connectivity index (χ1n) is 12.5. The molecule has 0 unspecified atom stereocenters. The average molecular weight is 564 g/mol. The number of aromatic nitrogens is 1. The highest BCUT2D eigenvalue weighted by Gasteiger charge is 2.61. The fraction of sp³-hybridized carbons (Fsp3) is 0.577. The van der Waals surface area contributed by atoms with Crippen molar-refractivity contribution in [2.45, 2.75) is 56.0 Å². The summed E-state index contributed by atoms with van der Waals surface area (Å²) in [6, 6.07) is 0.0246. The Labute approximate surface area is 228 Å². The molecule has 0 aromatic carbocycles. The lowest BCUT2D eigenvalue weighted by Crippen LogP contribution is -2.64. The number of ether oxygens (including phenoxy) is 2. The molecule has 1 aromatic rings. The molecule has 5 atom stereocenters. The zero-order valence-electron chi connectivity index (χ0n) is 22.6. The minimum absolute atomic E-state index is 0.0444. The second-order valence-electron chi connectivity index (χ2n) is 10.7. The van der Waals surface area contributed by atoms with Crippen LogP contribution in [0.3, 0.4) is 0 Å². The number of amides is 1. The van der Waals surface area contributed by atoms with Crippen molar-refractivity contribution in [3.05, 3.63) is 40.4 Å². The summed E-state index contributed by atoms with van der Waals surface area (Å²) in [6.07, 6.45) is 3.51. The van der Waals surface area contributed by atoms with Gasteiger partial charge in [-0.2, -0.15) is 0 Å². The SMILES string of the molecule is C=CCOC(=O)C1=C(Sc2nc(C3=CCN(C)[C@H]3COC)cs2)[C@H](C)[C@@H]2[C@@H]([C@@H](C)O[Si](C)(C)C)C(=O)N12. The van der Waals surface area contributed by atoms with Crippen molar-refractivity contribution in [2.75, 3.05) is 33.9 Å². The van der Waals surface area contributed by atoms with Gasteiger partial charge in [0.1, 0.15) is 12.3 Å². The zero-order chi connectivity index (χ0) is 27.1. The Kier molecular flexibility index (Phi) is 8.51. The minimum atomic E-state index is -1.84. The van der Waals surface area contributed by atoms with Crippen LogP contribution in [0.25, 0.3) is 5.57 Å². The molecule has 0 saturated carbocycles. The Hall–Kier alpha value is -1.76. The van der Waals surface area contributed by atoms with Crippen molar-refractivity contribution in [1.29, 1.82) is 0 Å². The van der Waals surface area contributed by atoms with Crippen molar-refractivity contribution in [2.24, 2.45) is 11.8 Å². The summed E-state index contributed by atoms with van der Waals surface area (Å²) < 4.78 is 18.0. The summed E-state index contributed by atoms with van der Waals surface area (Å²) in [4.78, 5) is 36.1. The van der Waals surface area contributed by atoms with Gasteiger partial charge >= 0.3 is 5.97 Å². The number of methoxy groups -OCH3 is 1. The Bertz CT molecular complexity index is 1130. The van der Waals surface area contributed by atoms with Gasteiger partial charge in [-0.15, -0.1) is 11.3 Å². The van der Waals surface area contributed by atoms with Gasteiger partial charge in [-0.3, -0.25) is 9.69 Å². The first-order valence-corrected chi connectivity index (χ1v) is 17.6. The number of hydrogen-bond acceptors (Lipinski definition) is 9. The smallest absolute Gasteiger partial charge is 0.356 e. The average Bonchev–Trinajstić information content (AvgIpc) is 3.48. The Balaban J connectivity index is 1.61. The lowest BCUT2D eigenvalue weighted by atomic mass is 9.79. The molecule has 11 heteroatoms. The van der Waals surface area contributed by atoms with Gasteiger partial charge < -0.3 is 18.8 Å². The number of nitrogens with zero attached hydrogens (tertiary/aromatic N) is 3. The van der Waals surface area contributed by atoms with Crippen LogP contribution in [0.5, 0.6) is 0 Å². The third-order valence-corrected chi connectivity index (χ3v) is 10.3. The van der Waals surface area contributed by atoms with Gasteiger partial charge in [-0.05, 0) is 39.2 Å². The Morgan fingerprint density at radius 1 is 1.41 bits per heavy atom. The van der Waals surface area contributed by atoms with Crippen LogP contribution in [0.4, 0.5) is 0 Å². The van der Waals surface area contributed by atoms with Crippen LogP contribution < -0.4 is 0 Å². The second kappa shape index (κ2) is 11.2. The van der Waals surface area contributed by atoms with Crippen LogP contribution in [-0.4, -0.2) is 87.1 Å². The zero-order valence-corrected chi connectivity index (χ0v) is 25.3. The van der Waals surface area contributed by atoms with E-state index in [4.69, 9.17) is 18.9 Å². The number of likely N-dealkylation sites (N-methyl/N-ethyl adjacent to an activating group) is 1. The van der Waals surface area contributed by atoms with Gasteiger partial charge in [0.2, 0.25) is 5.91 Å². The number of fused-ring (bicyclic) bond motifs is 1. The number of hydrogen-bond donors (Lipinski definition) is 0. The van der Waals surface area contributed by atoms with E-state index in [9.17, 15) is 9.59 Å². The van der Waals surface area contributed by atoms with Crippen LogP contribution in [-0.2, 0) is 23.5 Å². The van der Waals surface area contributed by atoms with Crippen molar-refractivity contribution >= 4 is 48.9 Å². The van der Waals surface area contributed by atoms with Crippen LogP contribution in [0.2, 0.25) is 19.6 Å². The van der Waals surface area contributed by atoms with Gasteiger partial charge in [0.25, 0.3) is 0 Å². The number of esters is 1. The molecule has 202 valence electrons. The highest BCUT2D eigenvalue weighted by Crippen LogP contribution is 2.53. The van der Waals surface area contributed by atoms with Crippen LogP contribution in [0.1, 0.15) is 19.5 Å². The number of β-lactam (4-membered cyclic amide) rings is 1. The largest absolute Gasteiger partial charge is 0.457 e. The van der Waals surface area contributed by atoms with Crippen LogP contribution in [0.15, 0.2) is 39.1 Å².